The van der Waals surface area contributed by atoms with Gasteiger partial charge in [0.05, 0.1) is 10.6 Å². The molecule has 0 spiro atoms. The molecule has 0 fully saturated rings. The first-order valence-corrected chi connectivity index (χ1v) is 8.09. The minimum absolute atomic E-state index is 0.173. The SMILES string of the molecule is O=S(=O)(Cc1cc(-c2ccccc2)on1)c1ccccc1. The first-order chi connectivity index (χ1) is 10.1. The zero-order chi connectivity index (χ0) is 14.7. The van der Waals surface area contributed by atoms with Gasteiger partial charge in [0.2, 0.25) is 0 Å². The molecule has 2 aromatic carbocycles. The van der Waals surface area contributed by atoms with Gasteiger partial charge >= 0.3 is 0 Å². The van der Waals surface area contributed by atoms with Gasteiger partial charge in [0, 0.05) is 11.6 Å². The largest absolute Gasteiger partial charge is 0.356 e. The van der Waals surface area contributed by atoms with E-state index in [2.05, 4.69) is 5.16 Å². The van der Waals surface area contributed by atoms with Crippen molar-refractivity contribution in [3.05, 3.63) is 72.4 Å². The van der Waals surface area contributed by atoms with Gasteiger partial charge in [-0.25, -0.2) is 8.42 Å². The second-order valence-electron chi connectivity index (χ2n) is 4.62. The molecule has 5 heteroatoms. The summed E-state index contributed by atoms with van der Waals surface area (Å²) in [6.45, 7) is 0. The van der Waals surface area contributed by atoms with E-state index in [4.69, 9.17) is 4.52 Å². The van der Waals surface area contributed by atoms with Gasteiger partial charge in [0.25, 0.3) is 0 Å². The molecule has 0 N–H and O–H groups in total. The Morgan fingerprint density at radius 3 is 2.19 bits per heavy atom. The van der Waals surface area contributed by atoms with Gasteiger partial charge in [-0.3, -0.25) is 0 Å². The van der Waals surface area contributed by atoms with Crippen LogP contribution in [0.2, 0.25) is 0 Å². The van der Waals surface area contributed by atoms with Crippen LogP contribution in [0.5, 0.6) is 0 Å². The molecule has 1 heterocycles. The van der Waals surface area contributed by atoms with Crippen LogP contribution < -0.4 is 0 Å². The summed E-state index contributed by atoms with van der Waals surface area (Å²) in [6.07, 6.45) is 0. The molecule has 3 aromatic rings. The molecule has 0 aliphatic rings. The van der Waals surface area contributed by atoms with Crippen molar-refractivity contribution < 1.29 is 12.9 Å². The Hall–Kier alpha value is -2.40. The standard InChI is InChI=1S/C16H13NO3S/c18-21(19,15-9-5-2-6-10-15)12-14-11-16(20-17-14)13-7-3-1-4-8-13/h1-11H,12H2. The fraction of sp³-hybridized carbons (Fsp3) is 0.0625. The number of benzene rings is 2. The fourth-order valence-electron chi connectivity index (χ4n) is 2.02. The predicted molar refractivity (Wildman–Crippen MR) is 79.3 cm³/mol. The number of hydrogen-bond acceptors (Lipinski definition) is 4. The highest BCUT2D eigenvalue weighted by atomic mass is 32.2. The molecule has 4 nitrogen and oxygen atoms in total. The Bertz CT molecular complexity index is 824. The Labute approximate surface area is 123 Å². The van der Waals surface area contributed by atoms with Crippen LogP contribution in [-0.4, -0.2) is 13.6 Å². The van der Waals surface area contributed by atoms with E-state index in [9.17, 15) is 8.42 Å². The van der Waals surface area contributed by atoms with Crippen molar-refractivity contribution in [3.63, 3.8) is 0 Å². The van der Waals surface area contributed by atoms with E-state index in [1.807, 2.05) is 30.3 Å². The van der Waals surface area contributed by atoms with Gasteiger partial charge in [-0.05, 0) is 12.1 Å². The quantitative estimate of drug-likeness (QED) is 0.741. The molecular formula is C16H13NO3S. The summed E-state index contributed by atoms with van der Waals surface area (Å²) in [6, 6.07) is 19.4. The summed E-state index contributed by atoms with van der Waals surface area (Å²) in [7, 11) is -3.40. The van der Waals surface area contributed by atoms with E-state index in [-0.39, 0.29) is 10.6 Å². The van der Waals surface area contributed by atoms with Crippen molar-refractivity contribution in [1.29, 1.82) is 0 Å². The average Bonchev–Trinajstić information content (AvgIpc) is 2.97. The lowest BCUT2D eigenvalue weighted by molar-refractivity contribution is 0.426. The van der Waals surface area contributed by atoms with E-state index in [1.54, 1.807) is 36.4 Å². The normalized spacial score (nSPS) is 11.4. The van der Waals surface area contributed by atoms with Crippen LogP contribution in [-0.2, 0) is 15.6 Å². The number of rotatable bonds is 4. The van der Waals surface area contributed by atoms with Gasteiger partial charge in [-0.15, -0.1) is 0 Å². The van der Waals surface area contributed by atoms with Gasteiger partial charge < -0.3 is 4.52 Å². The first kappa shape index (κ1) is 13.6. The van der Waals surface area contributed by atoms with Crippen LogP contribution in [0.25, 0.3) is 11.3 Å². The maximum Gasteiger partial charge on any atom is 0.184 e. The van der Waals surface area contributed by atoms with Crippen LogP contribution in [0.3, 0.4) is 0 Å². The molecular weight excluding hydrogens is 286 g/mol. The Kier molecular flexibility index (Phi) is 3.58. The number of nitrogens with zero attached hydrogens (tertiary/aromatic N) is 1. The Morgan fingerprint density at radius 2 is 1.52 bits per heavy atom. The third-order valence-electron chi connectivity index (χ3n) is 3.06. The lowest BCUT2D eigenvalue weighted by Crippen LogP contribution is -2.04. The van der Waals surface area contributed by atoms with Gasteiger partial charge in [0.1, 0.15) is 5.75 Å². The predicted octanol–water partition coefficient (Wildman–Crippen LogP) is 3.32. The topological polar surface area (TPSA) is 60.2 Å². The van der Waals surface area contributed by atoms with Crippen molar-refractivity contribution >= 4 is 9.84 Å². The summed E-state index contributed by atoms with van der Waals surface area (Å²) in [5.74, 6) is 0.390. The minimum atomic E-state index is -3.40. The van der Waals surface area contributed by atoms with E-state index >= 15 is 0 Å². The molecule has 1 aromatic heterocycles. The lowest BCUT2D eigenvalue weighted by Gasteiger charge is -2.00. The van der Waals surface area contributed by atoms with Crippen LogP contribution in [0.4, 0.5) is 0 Å². The number of hydrogen-bond donors (Lipinski definition) is 0. The molecule has 0 aliphatic carbocycles. The van der Waals surface area contributed by atoms with Crippen molar-refractivity contribution in [3.8, 4) is 11.3 Å². The van der Waals surface area contributed by atoms with Crippen molar-refractivity contribution in [2.75, 3.05) is 0 Å². The van der Waals surface area contributed by atoms with Crippen LogP contribution in [0.1, 0.15) is 5.69 Å². The maximum absolute atomic E-state index is 12.3. The minimum Gasteiger partial charge on any atom is -0.356 e. The Balaban J connectivity index is 1.85. The molecule has 0 saturated heterocycles. The van der Waals surface area contributed by atoms with Gasteiger partial charge in [-0.2, -0.15) is 0 Å². The maximum atomic E-state index is 12.3. The smallest absolute Gasteiger partial charge is 0.184 e. The highest BCUT2D eigenvalue weighted by Crippen LogP contribution is 2.22. The molecule has 0 unspecified atom stereocenters. The van der Waals surface area contributed by atoms with Gasteiger partial charge in [-0.1, -0.05) is 53.7 Å². The molecule has 0 atom stereocenters. The molecule has 106 valence electrons. The molecule has 21 heavy (non-hydrogen) atoms. The van der Waals surface area contributed by atoms with Crippen LogP contribution in [0.15, 0.2) is 76.1 Å². The molecule has 0 aliphatic heterocycles. The van der Waals surface area contributed by atoms with Crippen LogP contribution in [0, 0.1) is 0 Å². The highest BCUT2D eigenvalue weighted by Gasteiger charge is 2.18. The molecule has 0 saturated carbocycles. The summed E-state index contributed by atoms with van der Waals surface area (Å²) in [5.41, 5.74) is 1.27. The molecule has 0 amide bonds. The van der Waals surface area contributed by atoms with E-state index in [0.717, 1.165) is 5.56 Å². The highest BCUT2D eigenvalue weighted by molar-refractivity contribution is 7.90. The van der Waals surface area contributed by atoms with Gasteiger partial charge in [0.15, 0.2) is 15.6 Å². The zero-order valence-electron chi connectivity index (χ0n) is 11.1. The molecule has 0 bridgehead atoms. The van der Waals surface area contributed by atoms with E-state index < -0.39 is 9.84 Å². The third-order valence-corrected chi connectivity index (χ3v) is 4.72. The fourth-order valence-corrected chi connectivity index (χ4v) is 3.29. The summed E-state index contributed by atoms with van der Waals surface area (Å²) in [5, 5.41) is 3.85. The Morgan fingerprint density at radius 1 is 0.905 bits per heavy atom. The van der Waals surface area contributed by atoms with E-state index in [1.165, 1.54) is 0 Å². The first-order valence-electron chi connectivity index (χ1n) is 6.44. The van der Waals surface area contributed by atoms with Crippen molar-refractivity contribution in [1.82, 2.24) is 5.16 Å². The zero-order valence-corrected chi connectivity index (χ0v) is 12.0. The van der Waals surface area contributed by atoms with E-state index in [0.29, 0.717) is 11.5 Å². The average molecular weight is 299 g/mol. The van der Waals surface area contributed by atoms with Crippen molar-refractivity contribution in [2.24, 2.45) is 0 Å². The van der Waals surface area contributed by atoms with Crippen molar-refractivity contribution in [2.45, 2.75) is 10.6 Å². The monoisotopic (exact) mass is 299 g/mol. The second-order valence-corrected chi connectivity index (χ2v) is 6.61. The number of sulfone groups is 1. The lowest BCUT2D eigenvalue weighted by atomic mass is 10.2. The molecule has 3 rings (SSSR count). The molecule has 0 radical (unpaired) electrons. The summed E-state index contributed by atoms with van der Waals surface area (Å²) >= 11 is 0. The summed E-state index contributed by atoms with van der Waals surface area (Å²) < 4.78 is 29.7. The van der Waals surface area contributed by atoms with Crippen LogP contribution >= 0.6 is 0 Å². The summed E-state index contributed by atoms with van der Waals surface area (Å²) in [4.78, 5) is 0.286. The second kappa shape index (κ2) is 5.54. The third kappa shape index (κ3) is 3.03. The number of aromatic nitrogens is 1.